The van der Waals surface area contributed by atoms with Crippen molar-refractivity contribution < 1.29 is 23.2 Å². The molecule has 0 saturated carbocycles. The first-order chi connectivity index (χ1) is 15.6. The van der Waals surface area contributed by atoms with E-state index in [4.69, 9.17) is 14.0 Å². The number of nitrogens with zero attached hydrogens (tertiary/aromatic N) is 3. The average molecular weight is 436 g/mol. The second-order valence-corrected chi connectivity index (χ2v) is 7.54. The summed E-state index contributed by atoms with van der Waals surface area (Å²) in [7, 11) is 1.55. The van der Waals surface area contributed by atoms with Crippen LogP contribution < -0.4 is 4.74 Å². The molecule has 2 aromatic heterocycles. The molecular formula is C23H21FN4O4. The van der Waals surface area contributed by atoms with E-state index in [-0.39, 0.29) is 18.3 Å². The molecule has 1 N–H and O–H groups in total. The van der Waals surface area contributed by atoms with E-state index in [1.807, 2.05) is 17.0 Å². The van der Waals surface area contributed by atoms with Gasteiger partial charge in [-0.1, -0.05) is 17.3 Å². The first kappa shape index (κ1) is 20.2. The van der Waals surface area contributed by atoms with Crippen LogP contribution in [0.5, 0.6) is 5.75 Å². The zero-order valence-electron chi connectivity index (χ0n) is 17.4. The van der Waals surface area contributed by atoms with Gasteiger partial charge in [0.2, 0.25) is 0 Å². The number of likely N-dealkylation sites (tertiary alicyclic amines) is 1. The normalized spacial score (nSPS) is 13.4. The summed E-state index contributed by atoms with van der Waals surface area (Å²) in [6.07, 6.45) is 1.06. The van der Waals surface area contributed by atoms with Gasteiger partial charge in [0.15, 0.2) is 17.3 Å². The summed E-state index contributed by atoms with van der Waals surface area (Å²) in [5.74, 6) is 0.0630. The van der Waals surface area contributed by atoms with Crippen molar-refractivity contribution in [1.29, 1.82) is 0 Å². The third-order valence-corrected chi connectivity index (χ3v) is 5.47. The summed E-state index contributed by atoms with van der Waals surface area (Å²) in [4.78, 5) is 14.1. The second kappa shape index (κ2) is 8.43. The number of methoxy groups -OCH3 is 1. The Balaban J connectivity index is 1.38. The number of aromatic amines is 1. The Morgan fingerprint density at radius 3 is 2.72 bits per heavy atom. The van der Waals surface area contributed by atoms with Crippen molar-refractivity contribution in [2.45, 2.75) is 6.42 Å². The number of hydrogen-bond donors (Lipinski definition) is 1. The van der Waals surface area contributed by atoms with Crippen molar-refractivity contribution >= 4 is 16.8 Å². The van der Waals surface area contributed by atoms with Crippen LogP contribution in [0.15, 0.2) is 47.0 Å². The van der Waals surface area contributed by atoms with Crippen LogP contribution in [0.25, 0.3) is 33.6 Å². The molecule has 1 amide bonds. The van der Waals surface area contributed by atoms with Crippen LogP contribution in [0.2, 0.25) is 0 Å². The Hall–Kier alpha value is -3.72. The van der Waals surface area contributed by atoms with E-state index >= 15 is 0 Å². The van der Waals surface area contributed by atoms with E-state index in [2.05, 4.69) is 15.4 Å². The Labute approximate surface area is 182 Å². The minimum absolute atomic E-state index is 0.0410. The lowest BCUT2D eigenvalue weighted by Crippen LogP contribution is -2.41. The molecule has 2 aromatic carbocycles. The van der Waals surface area contributed by atoms with Gasteiger partial charge in [-0.3, -0.25) is 9.89 Å². The molecule has 3 heterocycles. The Bertz CT molecular complexity index is 1260. The number of amides is 1. The van der Waals surface area contributed by atoms with Crippen LogP contribution >= 0.6 is 0 Å². The maximum Gasteiger partial charge on any atom is 0.253 e. The third-order valence-electron chi connectivity index (χ3n) is 5.47. The molecule has 4 aromatic rings. The van der Waals surface area contributed by atoms with Gasteiger partial charge in [0.05, 0.1) is 12.1 Å². The predicted molar refractivity (Wildman–Crippen MR) is 115 cm³/mol. The maximum atomic E-state index is 14.5. The van der Waals surface area contributed by atoms with Gasteiger partial charge in [0.25, 0.3) is 5.91 Å². The second-order valence-electron chi connectivity index (χ2n) is 7.54. The van der Waals surface area contributed by atoms with Crippen LogP contribution in [-0.2, 0) is 4.74 Å². The number of H-pyrrole nitrogens is 1. The number of fused-ring (bicyclic) bond motifs is 1. The molecule has 9 heteroatoms. The molecule has 8 nitrogen and oxygen atoms in total. The highest BCUT2D eigenvalue weighted by atomic mass is 19.1. The Kier molecular flexibility index (Phi) is 5.32. The smallest absolute Gasteiger partial charge is 0.253 e. The van der Waals surface area contributed by atoms with Gasteiger partial charge in [-0.2, -0.15) is 5.10 Å². The van der Waals surface area contributed by atoms with Crippen molar-refractivity contribution in [3.8, 4) is 28.5 Å². The Morgan fingerprint density at radius 2 is 2.00 bits per heavy atom. The number of ether oxygens (including phenoxy) is 2. The van der Waals surface area contributed by atoms with E-state index in [9.17, 15) is 9.18 Å². The van der Waals surface area contributed by atoms with Crippen LogP contribution in [0.4, 0.5) is 4.39 Å². The molecule has 32 heavy (non-hydrogen) atoms. The third kappa shape index (κ3) is 3.71. The van der Waals surface area contributed by atoms with Gasteiger partial charge in [-0.15, -0.1) is 0 Å². The van der Waals surface area contributed by atoms with Gasteiger partial charge in [-0.25, -0.2) is 4.39 Å². The SMILES string of the molecule is COCCOc1cc2[nH]nc(-c3cc(-c4ccc(C(=O)N5CCC5)cc4)no3)c2cc1F. The monoisotopic (exact) mass is 436 g/mol. The Morgan fingerprint density at radius 1 is 1.19 bits per heavy atom. The first-order valence-corrected chi connectivity index (χ1v) is 10.3. The van der Waals surface area contributed by atoms with Gasteiger partial charge in [0.1, 0.15) is 18.0 Å². The summed E-state index contributed by atoms with van der Waals surface area (Å²) >= 11 is 0. The first-order valence-electron chi connectivity index (χ1n) is 10.3. The standard InChI is InChI=1S/C23H21FN4O4/c1-30-9-10-31-20-13-19-16(11-17(20)24)22(26-25-19)21-12-18(27-32-21)14-3-5-15(6-4-14)23(29)28-7-2-8-28/h3-6,11-13H,2,7-10H2,1H3,(H,25,26). The van der Waals surface area contributed by atoms with Gasteiger partial charge < -0.3 is 18.9 Å². The zero-order chi connectivity index (χ0) is 22.1. The molecule has 1 aliphatic rings. The van der Waals surface area contributed by atoms with Crippen molar-refractivity contribution in [3.63, 3.8) is 0 Å². The largest absolute Gasteiger partial charge is 0.488 e. The molecule has 0 aliphatic carbocycles. The molecule has 0 radical (unpaired) electrons. The number of benzene rings is 2. The van der Waals surface area contributed by atoms with E-state index in [0.717, 1.165) is 25.1 Å². The van der Waals surface area contributed by atoms with Crippen LogP contribution in [0, 0.1) is 5.82 Å². The van der Waals surface area contributed by atoms with Crippen molar-refractivity contribution in [2.24, 2.45) is 0 Å². The minimum atomic E-state index is -0.501. The lowest BCUT2D eigenvalue weighted by molar-refractivity contribution is 0.0652. The number of hydrogen-bond acceptors (Lipinski definition) is 6. The highest BCUT2D eigenvalue weighted by molar-refractivity contribution is 5.95. The van der Waals surface area contributed by atoms with E-state index < -0.39 is 5.82 Å². The van der Waals surface area contributed by atoms with E-state index in [0.29, 0.717) is 40.2 Å². The van der Waals surface area contributed by atoms with Gasteiger partial charge in [-0.05, 0) is 24.6 Å². The highest BCUT2D eigenvalue weighted by Crippen LogP contribution is 2.33. The molecule has 0 unspecified atom stereocenters. The minimum Gasteiger partial charge on any atom is -0.488 e. The maximum absolute atomic E-state index is 14.5. The van der Waals surface area contributed by atoms with Crippen LogP contribution in [-0.4, -0.2) is 59.6 Å². The molecule has 1 fully saturated rings. The van der Waals surface area contributed by atoms with Crippen molar-refractivity contribution in [1.82, 2.24) is 20.3 Å². The fourth-order valence-electron chi connectivity index (χ4n) is 3.56. The molecular weight excluding hydrogens is 415 g/mol. The summed E-state index contributed by atoms with van der Waals surface area (Å²) in [6.45, 7) is 2.23. The number of halogens is 1. The van der Waals surface area contributed by atoms with Gasteiger partial charge >= 0.3 is 0 Å². The predicted octanol–water partition coefficient (Wildman–Crippen LogP) is 3.90. The number of nitrogens with one attached hydrogen (secondary N) is 1. The fraction of sp³-hybridized carbons (Fsp3) is 0.261. The van der Waals surface area contributed by atoms with Crippen molar-refractivity contribution in [3.05, 3.63) is 53.8 Å². The number of carbonyl (C=O) groups excluding carboxylic acids is 1. The molecule has 5 rings (SSSR count). The quantitative estimate of drug-likeness (QED) is 0.442. The van der Waals surface area contributed by atoms with Gasteiger partial charge in [0, 0.05) is 48.8 Å². The van der Waals surface area contributed by atoms with E-state index in [1.54, 1.807) is 31.4 Å². The molecule has 0 bridgehead atoms. The summed E-state index contributed by atoms with van der Waals surface area (Å²) in [5.41, 5.74) is 3.11. The summed E-state index contributed by atoms with van der Waals surface area (Å²) in [5, 5.41) is 11.8. The highest BCUT2D eigenvalue weighted by Gasteiger charge is 2.22. The molecule has 0 spiro atoms. The molecule has 164 valence electrons. The van der Waals surface area contributed by atoms with Crippen LogP contribution in [0.1, 0.15) is 16.8 Å². The van der Waals surface area contributed by atoms with Crippen LogP contribution in [0.3, 0.4) is 0 Å². The van der Waals surface area contributed by atoms with Crippen molar-refractivity contribution in [2.75, 3.05) is 33.4 Å². The fourth-order valence-corrected chi connectivity index (χ4v) is 3.56. The number of aromatic nitrogens is 3. The lowest BCUT2D eigenvalue weighted by Gasteiger charge is -2.30. The number of carbonyl (C=O) groups is 1. The van der Waals surface area contributed by atoms with E-state index in [1.165, 1.54) is 6.07 Å². The average Bonchev–Trinajstić information content (AvgIpc) is 3.40. The molecule has 0 atom stereocenters. The summed E-state index contributed by atoms with van der Waals surface area (Å²) in [6, 6.07) is 11.9. The zero-order valence-corrected chi connectivity index (χ0v) is 17.4. The lowest BCUT2D eigenvalue weighted by atomic mass is 10.1. The summed E-state index contributed by atoms with van der Waals surface area (Å²) < 4.78 is 30.3. The topological polar surface area (TPSA) is 93.5 Å². The molecule has 1 saturated heterocycles. The molecule has 1 aliphatic heterocycles. The number of rotatable bonds is 7.